The summed E-state index contributed by atoms with van der Waals surface area (Å²) < 4.78 is 0. The van der Waals surface area contributed by atoms with Crippen molar-refractivity contribution in [3.63, 3.8) is 0 Å². The van der Waals surface area contributed by atoms with Crippen molar-refractivity contribution < 1.29 is 5.11 Å². The Bertz CT molecular complexity index is 614. The van der Waals surface area contributed by atoms with E-state index in [2.05, 4.69) is 15.0 Å². The number of aryl methyl sites for hydroxylation is 1. The number of nitrogens with zero attached hydrogens (tertiary/aromatic N) is 3. The average Bonchev–Trinajstić information content (AvgIpc) is 2.74. The second-order valence-electron chi connectivity index (χ2n) is 3.71. The molecule has 0 amide bonds. The molecule has 1 atom stereocenters. The van der Waals surface area contributed by atoms with Gasteiger partial charge in [0.1, 0.15) is 16.4 Å². The van der Waals surface area contributed by atoms with Crippen molar-refractivity contribution >= 4 is 23.2 Å². The molecule has 1 unspecified atom stereocenters. The summed E-state index contributed by atoms with van der Waals surface area (Å²) in [4.78, 5) is 10.6. The van der Waals surface area contributed by atoms with Crippen LogP contribution in [0, 0.1) is 18.3 Å². The fourth-order valence-corrected chi connectivity index (χ4v) is 1.99. The molecule has 18 heavy (non-hydrogen) atoms. The number of aliphatic hydroxyl groups is 1. The fourth-order valence-electron chi connectivity index (χ4n) is 1.53. The van der Waals surface area contributed by atoms with E-state index in [0.717, 1.165) is 0 Å². The quantitative estimate of drug-likeness (QED) is 0.653. The highest BCUT2D eigenvalue weighted by molar-refractivity contribution is 6.32. The number of aromatic amines is 1. The van der Waals surface area contributed by atoms with Crippen LogP contribution < -0.4 is 0 Å². The number of hydrogen-bond acceptors (Lipinski definition) is 4. The standard InChI is InChI=1S/C11H8Cl2N4O/c1-6-4-15-10(16-6)11(18,5-14)7-2-8(12)17-9(13)3-7/h2-4,18H,1H3,(H,15,16). The Hall–Kier alpha value is -1.61. The van der Waals surface area contributed by atoms with Crippen molar-refractivity contribution in [3.8, 4) is 6.07 Å². The third-order valence-corrected chi connectivity index (χ3v) is 2.78. The number of rotatable bonds is 2. The van der Waals surface area contributed by atoms with E-state index < -0.39 is 5.60 Å². The maximum Gasteiger partial charge on any atom is 0.235 e. The minimum atomic E-state index is -1.94. The molecule has 0 aromatic carbocycles. The zero-order valence-corrected chi connectivity index (χ0v) is 10.8. The molecule has 5 nitrogen and oxygen atoms in total. The summed E-state index contributed by atoms with van der Waals surface area (Å²) in [5.74, 6) is 0.112. The summed E-state index contributed by atoms with van der Waals surface area (Å²) in [7, 11) is 0. The number of aromatic nitrogens is 3. The van der Waals surface area contributed by atoms with Crippen molar-refractivity contribution in [2.75, 3.05) is 0 Å². The lowest BCUT2D eigenvalue weighted by atomic mass is 9.96. The Balaban J connectivity index is 2.60. The van der Waals surface area contributed by atoms with Gasteiger partial charge in [-0.05, 0) is 19.1 Å². The first-order valence-corrected chi connectivity index (χ1v) is 5.71. The molecule has 0 fully saturated rings. The maximum atomic E-state index is 10.4. The summed E-state index contributed by atoms with van der Waals surface area (Å²) in [6.45, 7) is 1.74. The number of H-pyrrole nitrogens is 1. The normalized spacial score (nSPS) is 13.9. The first-order chi connectivity index (χ1) is 8.45. The number of halogens is 2. The van der Waals surface area contributed by atoms with Gasteiger partial charge in [0, 0.05) is 11.8 Å². The van der Waals surface area contributed by atoms with Crippen molar-refractivity contribution in [3.05, 3.63) is 45.7 Å². The van der Waals surface area contributed by atoms with Crippen LogP contribution in [0.15, 0.2) is 18.3 Å². The number of nitriles is 1. The molecular formula is C11H8Cl2N4O. The summed E-state index contributed by atoms with van der Waals surface area (Å²) in [6.07, 6.45) is 1.59. The third kappa shape index (κ3) is 2.18. The van der Waals surface area contributed by atoms with Crippen LogP contribution in [0.25, 0.3) is 0 Å². The van der Waals surface area contributed by atoms with Gasteiger partial charge in [0.05, 0.1) is 5.69 Å². The van der Waals surface area contributed by atoms with Crippen LogP contribution >= 0.6 is 23.2 Å². The zero-order valence-electron chi connectivity index (χ0n) is 9.28. The van der Waals surface area contributed by atoms with Gasteiger partial charge < -0.3 is 10.1 Å². The smallest absolute Gasteiger partial charge is 0.235 e. The van der Waals surface area contributed by atoms with Gasteiger partial charge in [0.15, 0.2) is 5.82 Å². The molecule has 0 radical (unpaired) electrons. The summed E-state index contributed by atoms with van der Waals surface area (Å²) in [5.41, 5.74) is -1.07. The molecule has 2 heterocycles. The second-order valence-corrected chi connectivity index (χ2v) is 4.49. The molecule has 0 bridgehead atoms. The van der Waals surface area contributed by atoms with E-state index in [1.165, 1.54) is 12.1 Å². The first-order valence-electron chi connectivity index (χ1n) is 4.95. The van der Waals surface area contributed by atoms with E-state index in [1.54, 1.807) is 19.2 Å². The van der Waals surface area contributed by atoms with E-state index in [-0.39, 0.29) is 21.7 Å². The van der Waals surface area contributed by atoms with Crippen LogP contribution in [0.5, 0.6) is 0 Å². The van der Waals surface area contributed by atoms with Gasteiger partial charge in [-0.15, -0.1) is 0 Å². The highest BCUT2D eigenvalue weighted by Gasteiger charge is 2.35. The van der Waals surface area contributed by atoms with Gasteiger partial charge in [-0.2, -0.15) is 5.26 Å². The Kier molecular flexibility index (Phi) is 3.26. The van der Waals surface area contributed by atoms with E-state index in [9.17, 15) is 10.4 Å². The maximum absolute atomic E-state index is 10.4. The lowest BCUT2D eigenvalue weighted by Crippen LogP contribution is -2.27. The van der Waals surface area contributed by atoms with Crippen molar-refractivity contribution in [2.24, 2.45) is 0 Å². The monoisotopic (exact) mass is 282 g/mol. The Morgan fingerprint density at radius 2 is 1.94 bits per heavy atom. The number of hydrogen-bond donors (Lipinski definition) is 2. The zero-order chi connectivity index (χ0) is 13.3. The van der Waals surface area contributed by atoms with Gasteiger partial charge >= 0.3 is 0 Å². The van der Waals surface area contributed by atoms with Gasteiger partial charge in [-0.25, -0.2) is 9.97 Å². The van der Waals surface area contributed by atoms with E-state index in [1.807, 2.05) is 0 Å². The average molecular weight is 283 g/mol. The van der Waals surface area contributed by atoms with E-state index in [0.29, 0.717) is 5.69 Å². The topological polar surface area (TPSA) is 85.6 Å². The molecule has 0 saturated carbocycles. The molecule has 7 heteroatoms. The van der Waals surface area contributed by atoms with Crippen molar-refractivity contribution in [1.82, 2.24) is 15.0 Å². The summed E-state index contributed by atoms with van der Waals surface area (Å²) in [5, 5.41) is 19.8. The Labute approximate surface area is 113 Å². The van der Waals surface area contributed by atoms with Crippen LogP contribution in [0.1, 0.15) is 17.1 Å². The highest BCUT2D eigenvalue weighted by atomic mass is 35.5. The van der Waals surface area contributed by atoms with Crippen LogP contribution in [-0.2, 0) is 5.60 Å². The molecule has 0 spiro atoms. The second kappa shape index (κ2) is 4.58. The van der Waals surface area contributed by atoms with Crippen LogP contribution in [0.4, 0.5) is 0 Å². The predicted octanol–water partition coefficient (Wildman–Crippen LogP) is 2.18. The molecule has 0 aliphatic rings. The molecule has 2 rings (SSSR count). The molecule has 2 aromatic heterocycles. The SMILES string of the molecule is Cc1c[nH]c(C(O)(C#N)c2cc(Cl)nc(Cl)c2)n1. The van der Waals surface area contributed by atoms with Gasteiger partial charge in [0.2, 0.25) is 5.60 Å². The van der Waals surface area contributed by atoms with Crippen LogP contribution in [0.2, 0.25) is 10.3 Å². The lowest BCUT2D eigenvalue weighted by Gasteiger charge is -2.18. The molecule has 92 valence electrons. The number of pyridine rings is 1. The molecular weight excluding hydrogens is 275 g/mol. The summed E-state index contributed by atoms with van der Waals surface area (Å²) in [6, 6.07) is 4.53. The minimum Gasteiger partial charge on any atom is -0.366 e. The third-order valence-electron chi connectivity index (χ3n) is 2.39. The van der Waals surface area contributed by atoms with Crippen LogP contribution in [0.3, 0.4) is 0 Å². The molecule has 2 N–H and O–H groups in total. The molecule has 0 aliphatic carbocycles. The first kappa shape index (κ1) is 12.8. The molecule has 2 aromatic rings. The van der Waals surface area contributed by atoms with Gasteiger partial charge in [-0.3, -0.25) is 0 Å². The largest absolute Gasteiger partial charge is 0.366 e. The number of imidazole rings is 1. The molecule has 0 saturated heterocycles. The van der Waals surface area contributed by atoms with E-state index >= 15 is 0 Å². The number of nitrogens with one attached hydrogen (secondary N) is 1. The fraction of sp³-hybridized carbons (Fsp3) is 0.182. The van der Waals surface area contributed by atoms with Crippen LogP contribution in [-0.4, -0.2) is 20.1 Å². The summed E-state index contributed by atoms with van der Waals surface area (Å²) >= 11 is 11.5. The highest BCUT2D eigenvalue weighted by Crippen LogP contribution is 2.29. The Morgan fingerprint density at radius 1 is 1.33 bits per heavy atom. The van der Waals surface area contributed by atoms with Gasteiger partial charge in [-0.1, -0.05) is 23.2 Å². The minimum absolute atomic E-state index is 0.0921. The van der Waals surface area contributed by atoms with Gasteiger partial charge in [0.25, 0.3) is 0 Å². The lowest BCUT2D eigenvalue weighted by molar-refractivity contribution is 0.133. The predicted molar refractivity (Wildman–Crippen MR) is 66.2 cm³/mol. The Morgan fingerprint density at radius 3 is 2.39 bits per heavy atom. The van der Waals surface area contributed by atoms with Crippen molar-refractivity contribution in [2.45, 2.75) is 12.5 Å². The molecule has 0 aliphatic heterocycles. The van der Waals surface area contributed by atoms with Crippen molar-refractivity contribution in [1.29, 1.82) is 5.26 Å². The van der Waals surface area contributed by atoms with E-state index in [4.69, 9.17) is 23.2 Å².